The summed E-state index contributed by atoms with van der Waals surface area (Å²) < 4.78 is 0. The number of aryl methyl sites for hydroxylation is 3. The maximum Gasteiger partial charge on any atom is 0.245 e. The number of nitrogens with one attached hydrogen (secondary N) is 2. The molecule has 3 rings (SSSR count). The molecule has 33 heavy (non-hydrogen) atoms. The van der Waals surface area contributed by atoms with Gasteiger partial charge in [0.05, 0.1) is 6.04 Å². The minimum absolute atomic E-state index is 0.117. The highest BCUT2D eigenvalue weighted by atomic mass is 32.2. The molecule has 0 spiro atoms. The van der Waals surface area contributed by atoms with Gasteiger partial charge < -0.3 is 21.5 Å². The lowest BCUT2D eigenvalue weighted by atomic mass is 9.89. The summed E-state index contributed by atoms with van der Waals surface area (Å²) in [6.07, 6.45) is 3.28. The van der Waals surface area contributed by atoms with Crippen LogP contribution in [0, 0.1) is 13.8 Å². The predicted molar refractivity (Wildman–Crippen MR) is 134 cm³/mol. The molecule has 2 amide bonds. The number of hydrogen-bond donors (Lipinski definition) is 4. The van der Waals surface area contributed by atoms with Crippen LogP contribution in [-0.2, 0) is 22.4 Å². The van der Waals surface area contributed by atoms with Crippen LogP contribution in [0.3, 0.4) is 0 Å². The first-order chi connectivity index (χ1) is 15.8. The van der Waals surface area contributed by atoms with E-state index in [1.54, 1.807) is 23.9 Å². The number of nitrogens with two attached hydrogens (primary N) is 1. The monoisotopic (exact) mass is 469 g/mol. The van der Waals surface area contributed by atoms with Crippen LogP contribution in [0.1, 0.15) is 41.5 Å². The number of phenols is 1. The number of hydrogen-bond acceptors (Lipinski definition) is 5. The summed E-state index contributed by atoms with van der Waals surface area (Å²) >= 11 is 1.80. The van der Waals surface area contributed by atoms with E-state index < -0.39 is 11.6 Å². The lowest BCUT2D eigenvalue weighted by Crippen LogP contribution is -2.63. The second-order valence-electron chi connectivity index (χ2n) is 8.90. The van der Waals surface area contributed by atoms with Crippen molar-refractivity contribution in [1.82, 2.24) is 10.6 Å². The highest BCUT2D eigenvalue weighted by Crippen LogP contribution is 2.28. The number of rotatable bonds is 9. The minimum atomic E-state index is -0.911. The summed E-state index contributed by atoms with van der Waals surface area (Å²) in [7, 11) is 0. The Morgan fingerprint density at radius 1 is 1.12 bits per heavy atom. The third kappa shape index (κ3) is 6.74. The Morgan fingerprint density at radius 2 is 1.76 bits per heavy atom. The fourth-order valence-electron chi connectivity index (χ4n) is 4.37. The van der Waals surface area contributed by atoms with Gasteiger partial charge in [0.2, 0.25) is 11.8 Å². The molecular formula is C26H35N3O3S. The van der Waals surface area contributed by atoms with E-state index in [0.717, 1.165) is 41.0 Å². The molecule has 5 N–H and O–H groups in total. The number of thioether (sulfide) groups is 1. The Morgan fingerprint density at radius 3 is 2.39 bits per heavy atom. The van der Waals surface area contributed by atoms with E-state index in [4.69, 9.17) is 5.73 Å². The Bertz CT molecular complexity index is 936. The fraction of sp³-hybridized carbons (Fsp3) is 0.462. The first kappa shape index (κ1) is 25.1. The maximum atomic E-state index is 13.2. The first-order valence-electron chi connectivity index (χ1n) is 11.6. The molecule has 1 atom stereocenters. The molecule has 1 fully saturated rings. The molecule has 0 aliphatic carbocycles. The van der Waals surface area contributed by atoms with Gasteiger partial charge in [-0.15, -0.1) is 0 Å². The highest BCUT2D eigenvalue weighted by Gasteiger charge is 2.41. The summed E-state index contributed by atoms with van der Waals surface area (Å²) in [6, 6.07) is 12.8. The molecule has 2 aromatic rings. The van der Waals surface area contributed by atoms with E-state index in [-0.39, 0.29) is 17.6 Å². The van der Waals surface area contributed by atoms with Crippen molar-refractivity contribution < 1.29 is 14.7 Å². The summed E-state index contributed by atoms with van der Waals surface area (Å²) in [4.78, 5) is 26.2. The highest BCUT2D eigenvalue weighted by molar-refractivity contribution is 7.99. The normalized spacial score (nSPS) is 16.1. The largest absolute Gasteiger partial charge is 0.508 e. The number of carbonyl (C=O) groups is 2. The first-order valence-corrected chi connectivity index (χ1v) is 12.7. The van der Waals surface area contributed by atoms with Gasteiger partial charge in [0, 0.05) is 6.54 Å². The molecule has 0 aromatic heterocycles. The summed E-state index contributed by atoms with van der Waals surface area (Å²) in [5.41, 5.74) is 9.36. The summed E-state index contributed by atoms with van der Waals surface area (Å²) in [6.45, 7) is 4.36. The van der Waals surface area contributed by atoms with E-state index in [2.05, 4.69) is 22.8 Å². The number of phenolic OH excluding ortho intramolecular Hbond substituents is 1. The average molecular weight is 470 g/mol. The quantitative estimate of drug-likeness (QED) is 0.423. The molecule has 0 saturated carbocycles. The maximum absolute atomic E-state index is 13.2. The molecule has 1 heterocycles. The van der Waals surface area contributed by atoms with Gasteiger partial charge in [-0.2, -0.15) is 11.8 Å². The number of amides is 2. The number of benzene rings is 2. The van der Waals surface area contributed by atoms with Crippen molar-refractivity contribution in [3.63, 3.8) is 0 Å². The Hall–Kier alpha value is -2.51. The van der Waals surface area contributed by atoms with Crippen molar-refractivity contribution in [1.29, 1.82) is 0 Å². The van der Waals surface area contributed by atoms with Crippen molar-refractivity contribution in [2.24, 2.45) is 5.73 Å². The van der Waals surface area contributed by atoms with Crippen LogP contribution in [0.4, 0.5) is 0 Å². The predicted octanol–water partition coefficient (Wildman–Crippen LogP) is 3.01. The average Bonchev–Trinajstić information content (AvgIpc) is 2.80. The topological polar surface area (TPSA) is 104 Å². The third-order valence-electron chi connectivity index (χ3n) is 6.36. The molecule has 0 bridgehead atoms. The van der Waals surface area contributed by atoms with Crippen molar-refractivity contribution in [2.75, 3.05) is 18.1 Å². The van der Waals surface area contributed by atoms with Crippen LogP contribution >= 0.6 is 11.8 Å². The third-order valence-corrected chi connectivity index (χ3v) is 7.34. The standard InChI is InChI=1S/C26H35N3O3S/c1-18-15-21(30)16-19(2)22(18)17-23(27)24(31)29-26(10-13-33-14-11-26)25(32)28-12-6-9-20-7-4-3-5-8-20/h3-5,7-8,15-16,23,30H,6,9-14,17,27H2,1-2H3,(H,28,32)(H,29,31). The zero-order valence-corrected chi connectivity index (χ0v) is 20.3. The van der Waals surface area contributed by atoms with E-state index in [9.17, 15) is 14.7 Å². The molecule has 1 saturated heterocycles. The van der Waals surface area contributed by atoms with Gasteiger partial charge in [0.25, 0.3) is 0 Å². The second-order valence-corrected chi connectivity index (χ2v) is 10.1. The molecule has 1 aliphatic rings. The fourth-order valence-corrected chi connectivity index (χ4v) is 5.56. The van der Waals surface area contributed by atoms with Crippen LogP contribution < -0.4 is 16.4 Å². The molecule has 2 aromatic carbocycles. The number of carbonyl (C=O) groups excluding carboxylic acids is 2. The van der Waals surface area contributed by atoms with Crippen LogP contribution in [0.25, 0.3) is 0 Å². The van der Waals surface area contributed by atoms with E-state index in [1.807, 2.05) is 32.0 Å². The van der Waals surface area contributed by atoms with Gasteiger partial charge in [-0.1, -0.05) is 30.3 Å². The van der Waals surface area contributed by atoms with Crippen LogP contribution in [0.5, 0.6) is 5.75 Å². The summed E-state index contributed by atoms with van der Waals surface area (Å²) in [5, 5.41) is 15.8. The van der Waals surface area contributed by atoms with Gasteiger partial charge in [-0.05, 0) is 91.8 Å². The smallest absolute Gasteiger partial charge is 0.245 e. The van der Waals surface area contributed by atoms with E-state index >= 15 is 0 Å². The second kappa shape index (κ2) is 11.6. The lowest BCUT2D eigenvalue weighted by Gasteiger charge is -2.37. The molecule has 7 heteroatoms. The zero-order valence-electron chi connectivity index (χ0n) is 19.5. The molecule has 1 aliphatic heterocycles. The van der Waals surface area contributed by atoms with Crippen molar-refractivity contribution in [3.05, 3.63) is 64.7 Å². The minimum Gasteiger partial charge on any atom is -0.508 e. The molecule has 1 unspecified atom stereocenters. The van der Waals surface area contributed by atoms with Gasteiger partial charge in [0.15, 0.2) is 0 Å². The Kier molecular flexibility index (Phi) is 8.80. The van der Waals surface area contributed by atoms with Gasteiger partial charge >= 0.3 is 0 Å². The van der Waals surface area contributed by atoms with E-state index in [0.29, 0.717) is 25.8 Å². The molecule has 6 nitrogen and oxygen atoms in total. The number of aromatic hydroxyl groups is 1. The Labute approximate surface area is 200 Å². The van der Waals surface area contributed by atoms with Crippen molar-refractivity contribution in [3.8, 4) is 5.75 Å². The van der Waals surface area contributed by atoms with Gasteiger partial charge in [-0.3, -0.25) is 9.59 Å². The molecule has 178 valence electrons. The van der Waals surface area contributed by atoms with Crippen molar-refractivity contribution in [2.45, 2.75) is 57.5 Å². The lowest BCUT2D eigenvalue weighted by molar-refractivity contribution is -0.134. The molecular weight excluding hydrogens is 434 g/mol. The van der Waals surface area contributed by atoms with Gasteiger partial charge in [0.1, 0.15) is 11.3 Å². The van der Waals surface area contributed by atoms with Crippen LogP contribution in [0.15, 0.2) is 42.5 Å². The van der Waals surface area contributed by atoms with Crippen LogP contribution in [0.2, 0.25) is 0 Å². The van der Waals surface area contributed by atoms with E-state index in [1.165, 1.54) is 5.56 Å². The molecule has 0 radical (unpaired) electrons. The van der Waals surface area contributed by atoms with Crippen LogP contribution in [-0.4, -0.2) is 46.6 Å². The Balaban J connectivity index is 1.60. The zero-order chi connectivity index (χ0) is 23.8. The SMILES string of the molecule is Cc1cc(O)cc(C)c1CC(N)C(=O)NC1(C(=O)NCCCc2ccccc2)CCSCC1. The van der Waals surface area contributed by atoms with Crippen molar-refractivity contribution >= 4 is 23.6 Å². The summed E-state index contributed by atoms with van der Waals surface area (Å²) in [5.74, 6) is 1.42. The van der Waals surface area contributed by atoms with Gasteiger partial charge in [-0.25, -0.2) is 0 Å².